The number of halogens is 2. The van der Waals surface area contributed by atoms with Crippen LogP contribution in [-0.4, -0.2) is 40.0 Å². The number of benzene rings is 2. The van der Waals surface area contributed by atoms with E-state index in [1.807, 2.05) is 13.8 Å². The maximum atomic E-state index is 13.4. The highest BCUT2D eigenvalue weighted by atomic mass is 79.9. The van der Waals surface area contributed by atoms with Crippen LogP contribution in [0.1, 0.15) is 44.5 Å². The highest BCUT2D eigenvalue weighted by Crippen LogP contribution is 2.35. The fourth-order valence-corrected chi connectivity index (χ4v) is 4.07. The number of esters is 1. The van der Waals surface area contributed by atoms with Gasteiger partial charge in [-0.2, -0.15) is 9.78 Å². The summed E-state index contributed by atoms with van der Waals surface area (Å²) in [7, 11) is 1.19. The summed E-state index contributed by atoms with van der Waals surface area (Å²) in [6, 6.07) is 8.00. The zero-order valence-corrected chi connectivity index (χ0v) is 22.5. The van der Waals surface area contributed by atoms with E-state index in [2.05, 4.69) is 46.7 Å². The number of hydrogen-bond acceptors (Lipinski definition) is 8. The first-order valence-electron chi connectivity index (χ1n) is 10.6. The molecule has 1 heterocycles. The molecule has 3 rings (SSSR count). The normalized spacial score (nSPS) is 13.1. The lowest BCUT2D eigenvalue weighted by molar-refractivity contribution is -0.386. The van der Waals surface area contributed by atoms with Crippen molar-refractivity contribution in [2.24, 2.45) is 5.10 Å². The van der Waals surface area contributed by atoms with Crippen molar-refractivity contribution < 1.29 is 19.2 Å². The molecule has 12 heteroatoms. The molecular formula is C23H22Br2N4O6. The molecule has 2 atom stereocenters. The second kappa shape index (κ2) is 11.1. The molecule has 0 spiro atoms. The number of fused-ring (bicyclic) bond motifs is 1. The number of nitrogens with zero attached hydrogens (tertiary/aromatic N) is 4. The van der Waals surface area contributed by atoms with Crippen LogP contribution in [0.4, 0.5) is 5.69 Å². The van der Waals surface area contributed by atoms with Crippen LogP contribution in [0.2, 0.25) is 0 Å². The Hall–Kier alpha value is -3.12. The summed E-state index contributed by atoms with van der Waals surface area (Å²) in [6.07, 6.45) is 0.859. The van der Waals surface area contributed by atoms with Crippen molar-refractivity contribution in [3.8, 4) is 5.75 Å². The Bertz CT molecular complexity index is 1390. The van der Waals surface area contributed by atoms with Crippen molar-refractivity contribution in [1.29, 1.82) is 0 Å². The Kier molecular flexibility index (Phi) is 8.39. The molecule has 0 amide bonds. The van der Waals surface area contributed by atoms with Gasteiger partial charge in [0.15, 0.2) is 6.10 Å². The lowest BCUT2D eigenvalue weighted by Gasteiger charge is -2.16. The zero-order chi connectivity index (χ0) is 25.9. The molecule has 0 unspecified atom stereocenters. The first-order chi connectivity index (χ1) is 16.6. The molecule has 2 aromatic carbocycles. The van der Waals surface area contributed by atoms with Crippen LogP contribution in [0.15, 0.2) is 49.2 Å². The molecule has 3 aromatic rings. The van der Waals surface area contributed by atoms with Gasteiger partial charge in [-0.3, -0.25) is 14.9 Å². The molecule has 0 aliphatic heterocycles. The maximum absolute atomic E-state index is 13.4. The van der Waals surface area contributed by atoms with Crippen LogP contribution in [0.5, 0.6) is 5.75 Å². The number of carbonyl (C=O) groups is 1. The van der Waals surface area contributed by atoms with E-state index in [0.717, 1.165) is 0 Å². The molecule has 0 N–H and O–H groups in total. The summed E-state index contributed by atoms with van der Waals surface area (Å²) < 4.78 is 12.6. The predicted octanol–water partition coefficient (Wildman–Crippen LogP) is 5.17. The third-order valence-corrected chi connectivity index (χ3v) is 6.24. The molecule has 0 aliphatic carbocycles. The van der Waals surface area contributed by atoms with Gasteiger partial charge in [-0.25, -0.2) is 9.78 Å². The molecular weight excluding hydrogens is 588 g/mol. The monoisotopic (exact) mass is 608 g/mol. The second-order valence-corrected chi connectivity index (χ2v) is 9.52. The van der Waals surface area contributed by atoms with Crippen LogP contribution in [0, 0.1) is 10.1 Å². The largest absolute Gasteiger partial charge is 0.471 e. The van der Waals surface area contributed by atoms with Gasteiger partial charge in [-0.05, 0) is 37.6 Å². The van der Waals surface area contributed by atoms with Gasteiger partial charge in [0.25, 0.3) is 5.56 Å². The van der Waals surface area contributed by atoms with E-state index >= 15 is 0 Å². The number of aromatic nitrogens is 2. The minimum atomic E-state index is -1.12. The Morgan fingerprint density at radius 1 is 1.26 bits per heavy atom. The third-order valence-electron chi connectivity index (χ3n) is 5.29. The smallest absolute Gasteiger partial charge is 0.346 e. The van der Waals surface area contributed by atoms with Gasteiger partial charge in [-0.15, -0.1) is 0 Å². The minimum absolute atomic E-state index is 0.0974. The molecule has 0 bridgehead atoms. The Balaban J connectivity index is 2.23. The highest BCUT2D eigenvalue weighted by Gasteiger charge is 2.25. The van der Waals surface area contributed by atoms with E-state index in [1.165, 1.54) is 37.1 Å². The number of methoxy groups -OCH3 is 1. The molecule has 0 radical (unpaired) electrons. The zero-order valence-electron chi connectivity index (χ0n) is 19.3. The highest BCUT2D eigenvalue weighted by molar-refractivity contribution is 9.10. The molecule has 0 aliphatic rings. The van der Waals surface area contributed by atoms with Gasteiger partial charge in [0.1, 0.15) is 5.82 Å². The summed E-state index contributed by atoms with van der Waals surface area (Å²) in [5, 5.41) is 16.4. The van der Waals surface area contributed by atoms with Crippen molar-refractivity contribution in [2.75, 3.05) is 7.11 Å². The number of hydrogen-bond donors (Lipinski definition) is 0. The molecule has 0 fully saturated rings. The van der Waals surface area contributed by atoms with Crippen LogP contribution in [-0.2, 0) is 9.53 Å². The van der Waals surface area contributed by atoms with Gasteiger partial charge >= 0.3 is 11.7 Å². The first-order valence-corrected chi connectivity index (χ1v) is 12.1. The van der Waals surface area contributed by atoms with Gasteiger partial charge in [0.05, 0.1) is 29.2 Å². The van der Waals surface area contributed by atoms with Gasteiger partial charge in [0, 0.05) is 26.5 Å². The second-order valence-electron chi connectivity index (χ2n) is 7.69. The SMILES string of the molecule is CC[C@@H](C)c1nc2ccc(Br)cc2c(=O)n1N=Cc1cc(Br)cc([N+](=O)[O-])c1O[C@@H](C)C(=O)OC. The van der Waals surface area contributed by atoms with Crippen molar-refractivity contribution in [2.45, 2.75) is 39.2 Å². The lowest BCUT2D eigenvalue weighted by atomic mass is 10.1. The van der Waals surface area contributed by atoms with Crippen LogP contribution in [0.3, 0.4) is 0 Å². The third kappa shape index (κ3) is 5.76. The summed E-state index contributed by atoms with van der Waals surface area (Å²) in [4.78, 5) is 41.0. The van der Waals surface area contributed by atoms with Crippen LogP contribution < -0.4 is 10.3 Å². The first kappa shape index (κ1) is 26.5. The maximum Gasteiger partial charge on any atom is 0.346 e. The average molecular weight is 610 g/mol. The Labute approximate surface area is 217 Å². The van der Waals surface area contributed by atoms with E-state index in [1.54, 1.807) is 18.2 Å². The average Bonchev–Trinajstić information content (AvgIpc) is 2.83. The molecule has 0 saturated heterocycles. The molecule has 184 valence electrons. The van der Waals surface area contributed by atoms with Crippen molar-refractivity contribution >= 4 is 60.6 Å². The minimum Gasteiger partial charge on any atom is -0.471 e. The standard InChI is InChI=1S/C23H22Br2N4O6/c1-5-12(2)21-27-18-7-6-15(24)9-17(18)22(30)28(21)26-11-14-8-16(25)10-19(29(32)33)20(14)35-13(3)23(31)34-4/h6-13H,5H2,1-4H3/t12-,13+/m1/s1. The summed E-state index contributed by atoms with van der Waals surface area (Å²) >= 11 is 6.62. The number of nitro benzene ring substituents is 1. The van der Waals surface area contributed by atoms with E-state index in [4.69, 9.17) is 4.74 Å². The molecule has 10 nitrogen and oxygen atoms in total. The number of nitro groups is 1. The number of ether oxygens (including phenoxy) is 2. The number of rotatable bonds is 8. The summed E-state index contributed by atoms with van der Waals surface area (Å²) in [5.41, 5.74) is -0.0588. The van der Waals surface area contributed by atoms with Crippen LogP contribution >= 0.6 is 31.9 Å². The van der Waals surface area contributed by atoms with E-state index in [0.29, 0.717) is 32.1 Å². The van der Waals surface area contributed by atoms with Crippen molar-refractivity contribution in [3.05, 3.63) is 71.1 Å². The topological polar surface area (TPSA) is 126 Å². The summed E-state index contributed by atoms with van der Waals surface area (Å²) in [6.45, 7) is 5.30. The van der Waals surface area contributed by atoms with Gasteiger partial charge < -0.3 is 9.47 Å². The van der Waals surface area contributed by atoms with E-state index < -0.39 is 22.6 Å². The van der Waals surface area contributed by atoms with E-state index in [9.17, 15) is 19.7 Å². The predicted molar refractivity (Wildman–Crippen MR) is 138 cm³/mol. The van der Waals surface area contributed by atoms with Crippen molar-refractivity contribution in [1.82, 2.24) is 9.66 Å². The molecule has 35 heavy (non-hydrogen) atoms. The Morgan fingerprint density at radius 3 is 2.60 bits per heavy atom. The van der Waals surface area contributed by atoms with Gasteiger partial charge in [0.2, 0.25) is 5.75 Å². The molecule has 1 aromatic heterocycles. The molecule has 0 saturated carbocycles. The quantitative estimate of drug-likeness (QED) is 0.149. The lowest BCUT2D eigenvalue weighted by Crippen LogP contribution is -2.26. The Morgan fingerprint density at radius 2 is 1.97 bits per heavy atom. The fraction of sp³-hybridized carbons (Fsp3) is 0.304. The van der Waals surface area contributed by atoms with Crippen LogP contribution in [0.25, 0.3) is 10.9 Å². The van der Waals surface area contributed by atoms with Gasteiger partial charge in [-0.1, -0.05) is 45.7 Å². The number of carbonyl (C=O) groups excluding carboxylic acids is 1. The summed E-state index contributed by atoms with van der Waals surface area (Å²) in [5.74, 6) is -0.544. The van der Waals surface area contributed by atoms with Crippen molar-refractivity contribution in [3.63, 3.8) is 0 Å². The van der Waals surface area contributed by atoms with E-state index in [-0.39, 0.29) is 22.9 Å². The fourth-order valence-electron chi connectivity index (χ4n) is 3.25.